The monoisotopic (exact) mass is 319 g/mol. The molecule has 0 spiro atoms. The number of hydrogen-bond acceptors (Lipinski definition) is 4. The Morgan fingerprint density at radius 3 is 2.09 bits per heavy atom. The molecule has 22 heavy (non-hydrogen) atoms. The first-order valence-corrected chi connectivity index (χ1v) is 7.80. The van der Waals surface area contributed by atoms with Crippen molar-refractivity contribution in [2.24, 2.45) is 10.9 Å². The maximum Gasteiger partial charge on any atom is 0.238 e. The van der Waals surface area contributed by atoms with Gasteiger partial charge in [-0.3, -0.25) is 0 Å². The summed E-state index contributed by atoms with van der Waals surface area (Å²) in [5.41, 5.74) is 6.95. The summed E-state index contributed by atoms with van der Waals surface area (Å²) in [6, 6.07) is 14.2. The topological polar surface area (TPSA) is 121 Å². The minimum Gasteiger partial charge on any atom is -0.344 e. The molecule has 0 aliphatic heterocycles. The van der Waals surface area contributed by atoms with E-state index in [0.717, 1.165) is 11.1 Å². The third-order valence-electron chi connectivity index (χ3n) is 2.65. The average molecular weight is 319 g/mol. The first kappa shape index (κ1) is 19.8. The zero-order valence-electron chi connectivity index (χ0n) is 12.7. The molecule has 5 nitrogen and oxygen atoms in total. The number of rotatable bonds is 1. The van der Waals surface area contributed by atoms with Gasteiger partial charge in [-0.1, -0.05) is 36.1 Å². The molecule has 0 fully saturated rings. The SMILES string of the molecule is CN.Cc1ccc(S(N)(=O)=O)cc1C#Cc1ccccc1.N. The Labute approximate surface area is 132 Å². The Bertz CT molecular complexity index is 761. The number of sulfonamides is 1. The highest BCUT2D eigenvalue weighted by atomic mass is 32.2. The van der Waals surface area contributed by atoms with E-state index >= 15 is 0 Å². The van der Waals surface area contributed by atoms with E-state index in [1.54, 1.807) is 6.07 Å². The maximum absolute atomic E-state index is 11.3. The van der Waals surface area contributed by atoms with Gasteiger partial charge in [-0.2, -0.15) is 0 Å². The Kier molecular flexibility index (Phi) is 8.09. The van der Waals surface area contributed by atoms with Crippen LogP contribution in [0, 0.1) is 18.8 Å². The van der Waals surface area contributed by atoms with Crippen molar-refractivity contribution in [3.63, 3.8) is 0 Å². The molecule has 0 saturated heterocycles. The van der Waals surface area contributed by atoms with Crippen LogP contribution in [-0.4, -0.2) is 15.5 Å². The van der Waals surface area contributed by atoms with Crippen LogP contribution in [0.4, 0.5) is 0 Å². The third-order valence-corrected chi connectivity index (χ3v) is 3.56. The van der Waals surface area contributed by atoms with Gasteiger partial charge in [0.15, 0.2) is 0 Å². The Balaban J connectivity index is 0.00000141. The largest absolute Gasteiger partial charge is 0.344 e. The molecule has 6 heteroatoms. The summed E-state index contributed by atoms with van der Waals surface area (Å²) in [6.45, 7) is 1.88. The Morgan fingerprint density at radius 1 is 0.955 bits per heavy atom. The van der Waals surface area contributed by atoms with Crippen molar-refractivity contribution in [1.29, 1.82) is 0 Å². The molecular weight excluding hydrogens is 298 g/mol. The van der Waals surface area contributed by atoms with Gasteiger partial charge in [0.25, 0.3) is 0 Å². The number of hydrogen-bond donors (Lipinski definition) is 3. The van der Waals surface area contributed by atoms with Crippen LogP contribution in [0.25, 0.3) is 0 Å². The Morgan fingerprint density at radius 2 is 1.55 bits per heavy atom. The van der Waals surface area contributed by atoms with Gasteiger partial charge in [0.05, 0.1) is 4.90 Å². The normalized spacial score (nSPS) is 9.45. The molecule has 2 aromatic carbocycles. The summed E-state index contributed by atoms with van der Waals surface area (Å²) in [7, 11) is -2.19. The minimum atomic E-state index is -3.69. The van der Waals surface area contributed by atoms with E-state index in [9.17, 15) is 8.42 Å². The zero-order chi connectivity index (χ0) is 15.9. The fraction of sp³-hybridized carbons (Fsp3) is 0.125. The van der Waals surface area contributed by atoms with Crippen molar-refractivity contribution in [2.45, 2.75) is 11.8 Å². The van der Waals surface area contributed by atoms with Crippen LogP contribution in [0.3, 0.4) is 0 Å². The van der Waals surface area contributed by atoms with Crippen molar-refractivity contribution < 1.29 is 8.42 Å². The van der Waals surface area contributed by atoms with Crippen molar-refractivity contribution in [3.8, 4) is 11.8 Å². The van der Waals surface area contributed by atoms with Crippen LogP contribution in [0.2, 0.25) is 0 Å². The molecule has 118 valence electrons. The predicted molar refractivity (Wildman–Crippen MR) is 90.1 cm³/mol. The number of primary sulfonamides is 1. The minimum absolute atomic E-state index is 0. The second-order valence-electron chi connectivity index (χ2n) is 4.14. The molecule has 0 aliphatic rings. The second-order valence-corrected chi connectivity index (χ2v) is 5.70. The summed E-state index contributed by atoms with van der Waals surface area (Å²) in [4.78, 5) is 0.0791. The molecule has 2 aromatic rings. The van der Waals surface area contributed by atoms with Gasteiger partial charge < -0.3 is 11.9 Å². The van der Waals surface area contributed by atoms with Crippen molar-refractivity contribution in [1.82, 2.24) is 6.15 Å². The smallest absolute Gasteiger partial charge is 0.238 e. The van der Waals surface area contributed by atoms with Gasteiger partial charge in [0.2, 0.25) is 10.0 Å². The molecule has 0 amide bonds. The molecule has 0 heterocycles. The van der Waals surface area contributed by atoms with Crippen LogP contribution >= 0.6 is 0 Å². The van der Waals surface area contributed by atoms with E-state index in [-0.39, 0.29) is 11.0 Å². The van der Waals surface area contributed by atoms with Crippen LogP contribution in [0.5, 0.6) is 0 Å². The van der Waals surface area contributed by atoms with Crippen LogP contribution in [-0.2, 0) is 10.0 Å². The predicted octanol–water partition coefficient (Wildman–Crippen LogP) is 1.78. The van der Waals surface area contributed by atoms with E-state index in [2.05, 4.69) is 17.6 Å². The molecule has 0 saturated carbocycles. The third kappa shape index (κ3) is 5.68. The molecule has 0 aromatic heterocycles. The molecule has 2 rings (SSSR count). The standard InChI is InChI=1S/C15H13NO2S.CH5N.H3N/c1-12-7-10-15(19(16,17)18)11-14(12)9-8-13-5-3-2-4-6-13;1-2;/h2-7,10-11H,1H3,(H2,16,17,18);2H2,1H3;1H3. The summed E-state index contributed by atoms with van der Waals surface area (Å²) < 4.78 is 22.6. The molecule has 0 aliphatic carbocycles. The highest BCUT2D eigenvalue weighted by molar-refractivity contribution is 7.89. The summed E-state index contributed by atoms with van der Waals surface area (Å²) in [6.07, 6.45) is 0. The Hall–Kier alpha value is -2.17. The molecule has 0 unspecified atom stereocenters. The fourth-order valence-electron chi connectivity index (χ4n) is 1.57. The maximum atomic E-state index is 11.3. The van der Waals surface area contributed by atoms with E-state index < -0.39 is 10.0 Å². The second kappa shape index (κ2) is 8.97. The molecule has 0 bridgehead atoms. The highest BCUT2D eigenvalue weighted by Gasteiger charge is 2.08. The number of nitrogens with two attached hydrogens (primary N) is 2. The van der Waals surface area contributed by atoms with Gasteiger partial charge in [0, 0.05) is 11.1 Å². The number of aryl methyl sites for hydroxylation is 1. The lowest BCUT2D eigenvalue weighted by molar-refractivity contribution is 0.598. The van der Waals surface area contributed by atoms with Gasteiger partial charge in [-0.25, -0.2) is 13.6 Å². The van der Waals surface area contributed by atoms with Crippen molar-refractivity contribution in [3.05, 3.63) is 65.2 Å². The highest BCUT2D eigenvalue weighted by Crippen LogP contribution is 2.13. The van der Waals surface area contributed by atoms with E-state index in [4.69, 9.17) is 5.14 Å². The van der Waals surface area contributed by atoms with Crippen LogP contribution < -0.4 is 17.0 Å². The first-order valence-electron chi connectivity index (χ1n) is 6.25. The van der Waals surface area contributed by atoms with E-state index in [1.165, 1.54) is 19.2 Å². The fourth-order valence-corrected chi connectivity index (χ4v) is 2.11. The summed E-state index contributed by atoms with van der Waals surface area (Å²) >= 11 is 0. The lowest BCUT2D eigenvalue weighted by atomic mass is 10.1. The van der Waals surface area contributed by atoms with Crippen molar-refractivity contribution >= 4 is 10.0 Å². The average Bonchev–Trinajstić information content (AvgIpc) is 2.48. The lowest BCUT2D eigenvalue weighted by Gasteiger charge is -2.02. The van der Waals surface area contributed by atoms with Gasteiger partial charge in [0.1, 0.15) is 0 Å². The molecule has 7 N–H and O–H groups in total. The van der Waals surface area contributed by atoms with Crippen LogP contribution in [0.15, 0.2) is 53.4 Å². The van der Waals surface area contributed by atoms with E-state index in [0.29, 0.717) is 5.56 Å². The summed E-state index contributed by atoms with van der Waals surface area (Å²) in [5.74, 6) is 5.97. The van der Waals surface area contributed by atoms with Crippen LogP contribution in [0.1, 0.15) is 16.7 Å². The van der Waals surface area contributed by atoms with Gasteiger partial charge in [-0.05, 0) is 43.8 Å². The van der Waals surface area contributed by atoms with Crippen molar-refractivity contribution in [2.75, 3.05) is 7.05 Å². The van der Waals surface area contributed by atoms with Gasteiger partial charge >= 0.3 is 0 Å². The van der Waals surface area contributed by atoms with Gasteiger partial charge in [-0.15, -0.1) is 0 Å². The summed E-state index contributed by atoms with van der Waals surface area (Å²) in [5, 5.41) is 5.11. The molecule has 0 atom stereocenters. The zero-order valence-corrected chi connectivity index (χ0v) is 13.5. The number of benzene rings is 2. The lowest BCUT2D eigenvalue weighted by Crippen LogP contribution is -2.12. The van der Waals surface area contributed by atoms with E-state index in [1.807, 2.05) is 37.3 Å². The quantitative estimate of drug-likeness (QED) is 0.693. The first-order chi connectivity index (χ1) is 9.97. The molecule has 0 radical (unpaired) electrons. The molecular formula is C16H21N3O2S.